The summed E-state index contributed by atoms with van der Waals surface area (Å²) >= 11 is 11.9. The summed E-state index contributed by atoms with van der Waals surface area (Å²) in [5, 5.41) is 1.22. The fourth-order valence-corrected chi connectivity index (χ4v) is 2.76. The second-order valence-electron chi connectivity index (χ2n) is 4.98. The molecule has 82 valence electrons. The van der Waals surface area contributed by atoms with Crippen molar-refractivity contribution < 1.29 is 0 Å². The first kappa shape index (κ1) is 11.3. The van der Waals surface area contributed by atoms with Crippen LogP contribution in [0, 0.1) is 5.41 Å². The smallest absolute Gasteiger partial charge is 0.0595 e. The van der Waals surface area contributed by atoms with Crippen molar-refractivity contribution in [3.63, 3.8) is 0 Å². The summed E-state index contributed by atoms with van der Waals surface area (Å²) in [7, 11) is 0. The molecular weight excluding hydrogens is 229 g/mol. The van der Waals surface area contributed by atoms with Crippen LogP contribution in [0.2, 0.25) is 10.0 Å². The molecule has 1 aromatic rings. The highest BCUT2D eigenvalue weighted by Crippen LogP contribution is 2.63. The Morgan fingerprint density at radius 2 is 1.87 bits per heavy atom. The van der Waals surface area contributed by atoms with Crippen molar-refractivity contribution in [2.75, 3.05) is 6.54 Å². The third kappa shape index (κ3) is 1.57. The molecule has 1 aliphatic carbocycles. The number of hydrogen-bond acceptors (Lipinski definition) is 1. The van der Waals surface area contributed by atoms with E-state index in [2.05, 4.69) is 13.8 Å². The average Bonchev–Trinajstić information content (AvgIpc) is 2.75. The maximum absolute atomic E-state index is 6.02. The number of hydrogen-bond donors (Lipinski definition) is 1. The molecule has 2 rings (SSSR count). The topological polar surface area (TPSA) is 26.0 Å². The summed E-state index contributed by atoms with van der Waals surface area (Å²) < 4.78 is 0. The predicted octanol–water partition coefficient (Wildman–Crippen LogP) is 3.62. The van der Waals surface area contributed by atoms with Gasteiger partial charge < -0.3 is 5.73 Å². The molecule has 3 heteroatoms. The molecule has 0 aromatic heterocycles. The van der Waals surface area contributed by atoms with E-state index in [9.17, 15) is 0 Å². The van der Waals surface area contributed by atoms with Gasteiger partial charge in [0.2, 0.25) is 0 Å². The van der Waals surface area contributed by atoms with E-state index in [1.165, 1.54) is 5.56 Å². The van der Waals surface area contributed by atoms with Crippen LogP contribution in [0.4, 0.5) is 0 Å². The summed E-state index contributed by atoms with van der Waals surface area (Å²) in [4.78, 5) is 0. The summed E-state index contributed by atoms with van der Waals surface area (Å²) in [5.41, 5.74) is 7.48. The van der Waals surface area contributed by atoms with Crippen LogP contribution >= 0.6 is 23.2 Å². The zero-order valence-electron chi connectivity index (χ0n) is 8.98. The second kappa shape index (κ2) is 3.38. The second-order valence-corrected chi connectivity index (χ2v) is 5.79. The van der Waals surface area contributed by atoms with Gasteiger partial charge in [0.25, 0.3) is 0 Å². The molecule has 1 aliphatic rings. The Kier molecular flexibility index (Phi) is 2.53. The van der Waals surface area contributed by atoms with Crippen molar-refractivity contribution in [1.82, 2.24) is 0 Å². The third-order valence-corrected chi connectivity index (χ3v) is 4.47. The van der Waals surface area contributed by atoms with Gasteiger partial charge in [-0.2, -0.15) is 0 Å². The third-order valence-electron chi connectivity index (χ3n) is 3.73. The predicted molar refractivity (Wildman–Crippen MR) is 65.6 cm³/mol. The van der Waals surface area contributed by atoms with Crippen molar-refractivity contribution in [1.29, 1.82) is 0 Å². The van der Waals surface area contributed by atoms with Crippen LogP contribution in [0.25, 0.3) is 0 Å². The van der Waals surface area contributed by atoms with E-state index >= 15 is 0 Å². The van der Waals surface area contributed by atoms with Crippen LogP contribution in [-0.2, 0) is 5.41 Å². The molecule has 1 atom stereocenters. The van der Waals surface area contributed by atoms with E-state index in [0.717, 1.165) is 6.42 Å². The first-order valence-corrected chi connectivity index (χ1v) is 5.84. The number of halogens is 2. The van der Waals surface area contributed by atoms with E-state index in [4.69, 9.17) is 28.9 Å². The molecule has 0 saturated heterocycles. The van der Waals surface area contributed by atoms with Gasteiger partial charge in [0, 0.05) is 12.0 Å². The molecule has 1 unspecified atom stereocenters. The lowest BCUT2D eigenvalue weighted by Crippen LogP contribution is -2.25. The van der Waals surface area contributed by atoms with E-state index in [0.29, 0.717) is 16.6 Å². The highest BCUT2D eigenvalue weighted by Gasteiger charge is 2.60. The molecular formula is C12H15Cl2N. The molecule has 0 radical (unpaired) electrons. The summed E-state index contributed by atoms with van der Waals surface area (Å²) in [6.45, 7) is 5.14. The molecule has 1 nitrogen and oxygen atoms in total. The molecule has 1 saturated carbocycles. The van der Waals surface area contributed by atoms with Crippen LogP contribution in [0.1, 0.15) is 25.8 Å². The molecule has 0 heterocycles. The highest BCUT2D eigenvalue weighted by molar-refractivity contribution is 6.42. The molecule has 0 aliphatic heterocycles. The number of nitrogens with two attached hydrogens (primary N) is 1. The Morgan fingerprint density at radius 3 is 2.27 bits per heavy atom. The maximum atomic E-state index is 6.02. The molecule has 0 amide bonds. The Hall–Kier alpha value is -0.240. The lowest BCUT2D eigenvalue weighted by atomic mass is 9.88. The Morgan fingerprint density at radius 1 is 1.27 bits per heavy atom. The monoisotopic (exact) mass is 243 g/mol. The minimum Gasteiger partial charge on any atom is -0.330 e. The van der Waals surface area contributed by atoms with Crippen molar-refractivity contribution in [2.24, 2.45) is 11.1 Å². The van der Waals surface area contributed by atoms with Crippen molar-refractivity contribution in [3.05, 3.63) is 33.8 Å². The summed E-state index contributed by atoms with van der Waals surface area (Å²) in [6, 6.07) is 5.84. The average molecular weight is 244 g/mol. The van der Waals surface area contributed by atoms with Crippen LogP contribution < -0.4 is 5.73 Å². The minimum absolute atomic E-state index is 0.0984. The summed E-state index contributed by atoms with van der Waals surface area (Å²) in [6.07, 6.45) is 1.12. The van der Waals surface area contributed by atoms with Gasteiger partial charge >= 0.3 is 0 Å². The fourth-order valence-electron chi connectivity index (χ4n) is 2.46. The lowest BCUT2D eigenvalue weighted by Gasteiger charge is -2.19. The standard InChI is InChI=1S/C12H15Cl2N/c1-11(2)6-12(11,7-15)8-3-4-9(13)10(14)5-8/h3-5H,6-7,15H2,1-2H3. The van der Waals surface area contributed by atoms with Crippen LogP contribution in [0.3, 0.4) is 0 Å². The Bertz CT molecular complexity index is 401. The molecule has 0 bridgehead atoms. The Labute approximate surface area is 101 Å². The molecule has 1 fully saturated rings. The van der Waals surface area contributed by atoms with Crippen LogP contribution in [0.5, 0.6) is 0 Å². The van der Waals surface area contributed by atoms with E-state index < -0.39 is 0 Å². The Balaban J connectivity index is 2.42. The normalized spacial score (nSPS) is 27.8. The quantitative estimate of drug-likeness (QED) is 0.844. The van der Waals surface area contributed by atoms with E-state index in [1.54, 1.807) is 0 Å². The summed E-state index contributed by atoms with van der Waals surface area (Å²) in [5.74, 6) is 0. The maximum Gasteiger partial charge on any atom is 0.0595 e. The molecule has 0 spiro atoms. The first-order valence-electron chi connectivity index (χ1n) is 5.08. The molecule has 1 aromatic carbocycles. The van der Waals surface area contributed by atoms with Gasteiger partial charge in [0.05, 0.1) is 10.0 Å². The van der Waals surface area contributed by atoms with E-state index in [-0.39, 0.29) is 10.8 Å². The van der Waals surface area contributed by atoms with Gasteiger partial charge in [0.15, 0.2) is 0 Å². The first-order chi connectivity index (χ1) is 6.93. The van der Waals surface area contributed by atoms with Gasteiger partial charge in [-0.25, -0.2) is 0 Å². The molecule has 2 N–H and O–H groups in total. The van der Waals surface area contributed by atoms with Crippen molar-refractivity contribution in [3.8, 4) is 0 Å². The van der Waals surface area contributed by atoms with Crippen molar-refractivity contribution in [2.45, 2.75) is 25.7 Å². The number of benzene rings is 1. The molecule has 15 heavy (non-hydrogen) atoms. The number of rotatable bonds is 2. The van der Waals surface area contributed by atoms with Gasteiger partial charge in [-0.15, -0.1) is 0 Å². The van der Waals surface area contributed by atoms with Gasteiger partial charge in [0.1, 0.15) is 0 Å². The zero-order chi connectivity index (χ0) is 11.3. The highest BCUT2D eigenvalue weighted by atomic mass is 35.5. The largest absolute Gasteiger partial charge is 0.330 e. The van der Waals surface area contributed by atoms with E-state index in [1.807, 2.05) is 18.2 Å². The minimum atomic E-state index is 0.0984. The lowest BCUT2D eigenvalue weighted by molar-refractivity contribution is 0.503. The van der Waals surface area contributed by atoms with Gasteiger partial charge in [-0.05, 0) is 29.5 Å². The van der Waals surface area contributed by atoms with Crippen molar-refractivity contribution >= 4 is 23.2 Å². The zero-order valence-corrected chi connectivity index (χ0v) is 10.5. The van der Waals surface area contributed by atoms with Crippen LogP contribution in [-0.4, -0.2) is 6.54 Å². The van der Waals surface area contributed by atoms with Gasteiger partial charge in [-0.1, -0.05) is 43.1 Å². The SMILES string of the molecule is CC1(C)CC1(CN)c1ccc(Cl)c(Cl)c1. The van der Waals surface area contributed by atoms with Gasteiger partial charge in [-0.3, -0.25) is 0 Å². The fraction of sp³-hybridized carbons (Fsp3) is 0.500. The van der Waals surface area contributed by atoms with Crippen LogP contribution in [0.15, 0.2) is 18.2 Å².